The molecule has 0 radical (unpaired) electrons. The molecule has 4 heterocycles. The maximum Gasteiger partial charge on any atom is 0.145 e. The van der Waals surface area contributed by atoms with Crippen molar-refractivity contribution in [3.05, 3.63) is 146 Å². The van der Waals surface area contributed by atoms with E-state index in [1.165, 1.54) is 54.4 Å². The molecule has 4 aromatic heterocycles. The zero-order valence-corrected chi connectivity index (χ0v) is 23.1. The number of aromatic nitrogens is 4. The van der Waals surface area contributed by atoms with E-state index in [2.05, 4.69) is 153 Å². The molecule has 0 unspecified atom stereocenters. The molecule has 200 valence electrons. The molecule has 0 bridgehead atoms. The fourth-order valence-electron chi connectivity index (χ4n) is 7.34. The number of hydrogen-bond donors (Lipinski definition) is 0. The van der Waals surface area contributed by atoms with Crippen molar-refractivity contribution in [2.75, 3.05) is 0 Å². The lowest BCUT2D eigenvalue weighted by atomic mass is 9.98. The van der Waals surface area contributed by atoms with Crippen LogP contribution in [-0.2, 0) is 0 Å². The van der Waals surface area contributed by atoms with Crippen LogP contribution in [0.25, 0.3) is 82.3 Å². The Bertz CT molecular complexity index is 2710. The zero-order valence-electron chi connectivity index (χ0n) is 23.1. The van der Waals surface area contributed by atoms with Crippen LogP contribution in [-0.4, -0.2) is 18.5 Å². The van der Waals surface area contributed by atoms with E-state index >= 15 is 0 Å². The van der Waals surface area contributed by atoms with Crippen LogP contribution in [0.3, 0.4) is 0 Å². The van der Waals surface area contributed by atoms with Gasteiger partial charge >= 0.3 is 0 Å². The lowest BCUT2D eigenvalue weighted by molar-refractivity contribution is 1.18. The minimum Gasteiger partial charge on any atom is -0.309 e. The molecular formula is C39H24N4. The Morgan fingerprint density at radius 2 is 1.02 bits per heavy atom. The molecule has 0 fully saturated rings. The smallest absolute Gasteiger partial charge is 0.145 e. The first-order chi connectivity index (χ1) is 21.4. The van der Waals surface area contributed by atoms with Gasteiger partial charge in [-0.2, -0.15) is 0 Å². The summed E-state index contributed by atoms with van der Waals surface area (Å²) < 4.78 is 7.04. The predicted molar refractivity (Wildman–Crippen MR) is 179 cm³/mol. The van der Waals surface area contributed by atoms with Gasteiger partial charge in [0.2, 0.25) is 0 Å². The summed E-state index contributed by atoms with van der Waals surface area (Å²) >= 11 is 0. The fraction of sp³-hybridized carbons (Fsp3) is 0. The summed E-state index contributed by atoms with van der Waals surface area (Å²) in [7, 11) is 0. The van der Waals surface area contributed by atoms with Crippen molar-refractivity contribution < 1.29 is 0 Å². The second-order valence-corrected chi connectivity index (χ2v) is 11.3. The predicted octanol–water partition coefficient (Wildman–Crippen LogP) is 9.83. The van der Waals surface area contributed by atoms with Crippen LogP contribution >= 0.6 is 0 Å². The van der Waals surface area contributed by atoms with Crippen LogP contribution in [0, 0.1) is 0 Å². The van der Waals surface area contributed by atoms with Crippen LogP contribution in [0.4, 0.5) is 0 Å². The van der Waals surface area contributed by atoms with Gasteiger partial charge in [0.1, 0.15) is 5.65 Å². The van der Waals surface area contributed by atoms with Crippen molar-refractivity contribution in [3.8, 4) is 11.4 Å². The standard InChI is InChI=1S/C39H24N4/c1-3-11-25(12-4-1)42-33-18-10-8-16-28(33)38-34(42)20-19-29-37(38)31-23-30-27-15-7-9-17-32(27)43(26-13-5-2-6-14-26)36(30)24-35(31)41-22-21-40-39(29)41/h1-24H. The third-order valence-electron chi connectivity index (χ3n) is 9.07. The summed E-state index contributed by atoms with van der Waals surface area (Å²) in [4.78, 5) is 4.90. The molecule has 10 aromatic rings. The van der Waals surface area contributed by atoms with E-state index < -0.39 is 0 Å². The molecule has 4 heteroatoms. The molecule has 0 saturated carbocycles. The minimum atomic E-state index is 0.975. The molecule has 6 aromatic carbocycles. The molecule has 0 saturated heterocycles. The summed E-state index contributed by atoms with van der Waals surface area (Å²) in [5.74, 6) is 0. The Morgan fingerprint density at radius 3 is 1.77 bits per heavy atom. The first kappa shape index (κ1) is 22.8. The fourth-order valence-corrected chi connectivity index (χ4v) is 7.34. The van der Waals surface area contributed by atoms with E-state index in [4.69, 9.17) is 4.98 Å². The van der Waals surface area contributed by atoms with E-state index in [-0.39, 0.29) is 0 Å². The van der Waals surface area contributed by atoms with Crippen molar-refractivity contribution >= 4 is 70.9 Å². The zero-order chi connectivity index (χ0) is 28.1. The highest BCUT2D eigenvalue weighted by Gasteiger charge is 2.21. The van der Waals surface area contributed by atoms with Gasteiger partial charge in [-0.15, -0.1) is 0 Å². The number of benzene rings is 6. The first-order valence-electron chi connectivity index (χ1n) is 14.7. The van der Waals surface area contributed by atoms with E-state index in [0.717, 1.165) is 27.9 Å². The molecule has 0 aliphatic carbocycles. The Hall–Kier alpha value is -5.87. The topological polar surface area (TPSA) is 27.2 Å². The molecule has 0 aliphatic heterocycles. The summed E-state index contributed by atoms with van der Waals surface area (Å²) in [6.45, 7) is 0. The van der Waals surface area contributed by atoms with E-state index in [1.54, 1.807) is 0 Å². The van der Waals surface area contributed by atoms with E-state index in [1.807, 2.05) is 6.20 Å². The number of pyridine rings is 1. The number of nitrogens with zero attached hydrogens (tertiary/aromatic N) is 4. The molecule has 43 heavy (non-hydrogen) atoms. The van der Waals surface area contributed by atoms with Gasteiger partial charge in [-0.05, 0) is 60.7 Å². The monoisotopic (exact) mass is 548 g/mol. The van der Waals surface area contributed by atoms with Crippen LogP contribution < -0.4 is 0 Å². The summed E-state index contributed by atoms with van der Waals surface area (Å²) in [5.41, 5.74) is 9.23. The quantitative estimate of drug-likeness (QED) is 0.198. The van der Waals surface area contributed by atoms with Crippen LogP contribution in [0.15, 0.2) is 146 Å². The molecular weight excluding hydrogens is 524 g/mol. The van der Waals surface area contributed by atoms with Crippen molar-refractivity contribution in [1.29, 1.82) is 0 Å². The highest BCUT2D eigenvalue weighted by atomic mass is 15.0. The SMILES string of the molecule is c1ccc(-n2c3ccccc3c3cc4c5c(ccc6c5c5ccccc5n6-c5ccccc5)c5nccn5c4cc32)cc1. The van der Waals surface area contributed by atoms with Crippen molar-refractivity contribution in [2.24, 2.45) is 0 Å². The van der Waals surface area contributed by atoms with Gasteiger partial charge in [0, 0.05) is 61.5 Å². The number of para-hydroxylation sites is 4. The van der Waals surface area contributed by atoms with Crippen molar-refractivity contribution in [1.82, 2.24) is 18.5 Å². The maximum atomic E-state index is 4.90. The molecule has 10 rings (SSSR count). The van der Waals surface area contributed by atoms with Gasteiger partial charge in [0.05, 0.1) is 27.6 Å². The van der Waals surface area contributed by atoms with Crippen molar-refractivity contribution in [3.63, 3.8) is 0 Å². The largest absolute Gasteiger partial charge is 0.309 e. The summed E-state index contributed by atoms with van der Waals surface area (Å²) in [5, 5.41) is 8.64. The molecule has 4 nitrogen and oxygen atoms in total. The van der Waals surface area contributed by atoms with Crippen molar-refractivity contribution in [2.45, 2.75) is 0 Å². The average molecular weight is 549 g/mol. The third kappa shape index (κ3) is 2.97. The normalized spacial score (nSPS) is 12.2. The Balaban J connectivity index is 1.47. The molecule has 0 aliphatic rings. The number of hydrogen-bond acceptors (Lipinski definition) is 1. The highest BCUT2D eigenvalue weighted by molar-refractivity contribution is 6.31. The molecule has 0 N–H and O–H groups in total. The van der Waals surface area contributed by atoms with Crippen LogP contribution in [0.1, 0.15) is 0 Å². The Kier molecular flexibility index (Phi) is 4.42. The van der Waals surface area contributed by atoms with Gasteiger partial charge in [0.15, 0.2) is 0 Å². The number of rotatable bonds is 2. The third-order valence-corrected chi connectivity index (χ3v) is 9.07. The van der Waals surface area contributed by atoms with E-state index in [0.29, 0.717) is 0 Å². The van der Waals surface area contributed by atoms with E-state index in [9.17, 15) is 0 Å². The van der Waals surface area contributed by atoms with Gasteiger partial charge in [-0.1, -0.05) is 72.8 Å². The number of fused-ring (bicyclic) bond motifs is 13. The molecule has 0 amide bonds. The number of imidazole rings is 1. The second kappa shape index (κ2) is 8.34. The molecule has 0 spiro atoms. The summed E-state index contributed by atoms with van der Waals surface area (Å²) in [6, 6.07) is 48.2. The van der Waals surface area contributed by atoms with Gasteiger partial charge in [-0.3, -0.25) is 4.40 Å². The van der Waals surface area contributed by atoms with Gasteiger partial charge in [0.25, 0.3) is 0 Å². The van der Waals surface area contributed by atoms with Gasteiger partial charge < -0.3 is 9.13 Å². The average Bonchev–Trinajstić information content (AvgIpc) is 3.77. The lowest BCUT2D eigenvalue weighted by Gasteiger charge is -2.13. The Morgan fingerprint density at radius 1 is 0.395 bits per heavy atom. The Labute approximate surface area is 246 Å². The van der Waals surface area contributed by atoms with Gasteiger partial charge in [-0.25, -0.2) is 4.98 Å². The lowest BCUT2D eigenvalue weighted by Crippen LogP contribution is -1.96. The maximum absolute atomic E-state index is 4.90. The second-order valence-electron chi connectivity index (χ2n) is 11.3. The summed E-state index contributed by atoms with van der Waals surface area (Å²) in [6.07, 6.45) is 4.01. The first-order valence-corrected chi connectivity index (χ1v) is 14.7. The minimum absolute atomic E-state index is 0.975. The van der Waals surface area contributed by atoms with Crippen LogP contribution in [0.5, 0.6) is 0 Å². The highest BCUT2D eigenvalue weighted by Crippen LogP contribution is 2.43. The molecule has 0 atom stereocenters. The van der Waals surface area contributed by atoms with Crippen LogP contribution in [0.2, 0.25) is 0 Å².